The van der Waals surface area contributed by atoms with Gasteiger partial charge in [-0.3, -0.25) is 4.90 Å². The number of rotatable bonds is 5. The number of likely N-dealkylation sites (tertiary alicyclic amines) is 1. The van der Waals surface area contributed by atoms with E-state index in [9.17, 15) is 0 Å². The highest BCUT2D eigenvalue weighted by Crippen LogP contribution is 2.22. The first-order valence-electron chi connectivity index (χ1n) is 6.90. The van der Waals surface area contributed by atoms with E-state index in [4.69, 9.17) is 0 Å². The van der Waals surface area contributed by atoms with Crippen LogP contribution in [0, 0.1) is 5.92 Å². The molecule has 0 aromatic heterocycles. The fourth-order valence-electron chi connectivity index (χ4n) is 2.69. The largest absolute Gasteiger partial charge is 0.314 e. The van der Waals surface area contributed by atoms with E-state index in [2.05, 4.69) is 40.5 Å². The molecule has 1 aromatic carbocycles. The number of benzene rings is 1. The third-order valence-electron chi connectivity index (χ3n) is 3.89. The van der Waals surface area contributed by atoms with Crippen molar-refractivity contribution in [3.05, 3.63) is 35.9 Å². The van der Waals surface area contributed by atoms with E-state index in [1.807, 2.05) is 0 Å². The molecule has 3 rings (SSSR count). The molecule has 2 nitrogen and oxygen atoms in total. The molecule has 0 radical (unpaired) electrons. The van der Waals surface area contributed by atoms with Crippen LogP contribution >= 0.6 is 0 Å². The normalized spacial score (nSPS) is 25.3. The van der Waals surface area contributed by atoms with Crippen molar-refractivity contribution in [3.8, 4) is 0 Å². The molecule has 1 aliphatic heterocycles. The van der Waals surface area contributed by atoms with Gasteiger partial charge in [0.1, 0.15) is 0 Å². The van der Waals surface area contributed by atoms with Gasteiger partial charge in [-0.1, -0.05) is 30.3 Å². The lowest BCUT2D eigenvalue weighted by Gasteiger charge is -2.16. The molecule has 1 saturated heterocycles. The highest BCUT2D eigenvalue weighted by atomic mass is 15.1. The Kier molecular flexibility index (Phi) is 3.44. The van der Waals surface area contributed by atoms with Crippen LogP contribution in [0.5, 0.6) is 0 Å². The van der Waals surface area contributed by atoms with Gasteiger partial charge in [-0.05, 0) is 43.8 Å². The topological polar surface area (TPSA) is 15.3 Å². The Hall–Kier alpha value is -0.860. The maximum atomic E-state index is 3.66. The molecule has 17 heavy (non-hydrogen) atoms. The molecular formula is C15H22N2. The third kappa shape index (κ3) is 3.30. The van der Waals surface area contributed by atoms with Gasteiger partial charge in [0, 0.05) is 19.1 Å². The van der Waals surface area contributed by atoms with E-state index in [0.29, 0.717) is 0 Å². The van der Waals surface area contributed by atoms with E-state index < -0.39 is 0 Å². The van der Waals surface area contributed by atoms with E-state index in [-0.39, 0.29) is 0 Å². The van der Waals surface area contributed by atoms with Gasteiger partial charge in [-0.25, -0.2) is 0 Å². The lowest BCUT2D eigenvalue weighted by molar-refractivity contribution is 0.314. The molecule has 0 amide bonds. The number of nitrogens with one attached hydrogen (secondary N) is 1. The first-order chi connectivity index (χ1) is 8.40. The molecule has 0 bridgehead atoms. The van der Waals surface area contributed by atoms with Gasteiger partial charge in [0.25, 0.3) is 0 Å². The molecule has 2 aliphatic rings. The van der Waals surface area contributed by atoms with Crippen LogP contribution in [-0.4, -0.2) is 30.6 Å². The molecule has 1 N–H and O–H groups in total. The van der Waals surface area contributed by atoms with Gasteiger partial charge in [0.2, 0.25) is 0 Å². The van der Waals surface area contributed by atoms with Gasteiger partial charge in [-0.2, -0.15) is 0 Å². The van der Waals surface area contributed by atoms with Gasteiger partial charge in [-0.15, -0.1) is 0 Å². The Morgan fingerprint density at radius 2 is 1.94 bits per heavy atom. The maximum Gasteiger partial charge on any atom is 0.0233 e. The minimum absolute atomic E-state index is 0.859. The molecule has 1 atom stereocenters. The molecule has 1 unspecified atom stereocenters. The van der Waals surface area contributed by atoms with Crippen molar-refractivity contribution in [2.75, 3.05) is 19.6 Å². The van der Waals surface area contributed by atoms with Crippen molar-refractivity contribution in [2.45, 2.75) is 31.8 Å². The van der Waals surface area contributed by atoms with Crippen molar-refractivity contribution in [3.63, 3.8) is 0 Å². The van der Waals surface area contributed by atoms with Crippen LogP contribution in [0.2, 0.25) is 0 Å². The highest BCUT2D eigenvalue weighted by molar-refractivity contribution is 5.14. The van der Waals surface area contributed by atoms with E-state index in [0.717, 1.165) is 18.5 Å². The Labute approximate surface area is 104 Å². The molecule has 92 valence electrons. The third-order valence-corrected chi connectivity index (χ3v) is 3.89. The van der Waals surface area contributed by atoms with Gasteiger partial charge >= 0.3 is 0 Å². The summed E-state index contributed by atoms with van der Waals surface area (Å²) < 4.78 is 0. The van der Waals surface area contributed by atoms with Gasteiger partial charge < -0.3 is 5.32 Å². The smallest absolute Gasteiger partial charge is 0.0233 e. The van der Waals surface area contributed by atoms with Crippen LogP contribution in [0.4, 0.5) is 0 Å². The average molecular weight is 230 g/mol. The van der Waals surface area contributed by atoms with Crippen molar-refractivity contribution < 1.29 is 0 Å². The fraction of sp³-hybridized carbons (Fsp3) is 0.600. The first-order valence-corrected chi connectivity index (χ1v) is 6.90. The lowest BCUT2D eigenvalue weighted by atomic mass is 10.1. The van der Waals surface area contributed by atoms with Crippen molar-refractivity contribution in [2.24, 2.45) is 5.92 Å². The predicted molar refractivity (Wildman–Crippen MR) is 70.9 cm³/mol. The van der Waals surface area contributed by atoms with Crippen LogP contribution in [-0.2, 0) is 6.54 Å². The predicted octanol–water partition coefficient (Wildman–Crippen LogP) is 2.26. The molecule has 1 aromatic rings. The van der Waals surface area contributed by atoms with E-state index in [1.54, 1.807) is 0 Å². The summed E-state index contributed by atoms with van der Waals surface area (Å²) in [6, 6.07) is 11.7. The zero-order valence-corrected chi connectivity index (χ0v) is 10.4. The molecule has 2 fully saturated rings. The summed E-state index contributed by atoms with van der Waals surface area (Å²) in [6.45, 7) is 4.90. The molecule has 0 spiro atoms. The van der Waals surface area contributed by atoms with Crippen LogP contribution in [0.15, 0.2) is 30.3 Å². The number of hydrogen-bond acceptors (Lipinski definition) is 2. The Morgan fingerprint density at radius 1 is 1.12 bits per heavy atom. The second-order valence-electron chi connectivity index (χ2n) is 5.56. The standard InChI is InChI=1S/C15H22N2/c1-2-4-13(5-3-1)11-17-9-8-14(12-17)10-16-15-6-7-15/h1-5,14-16H,6-12H2. The summed E-state index contributed by atoms with van der Waals surface area (Å²) >= 11 is 0. The summed E-state index contributed by atoms with van der Waals surface area (Å²) in [5.74, 6) is 0.874. The summed E-state index contributed by atoms with van der Waals surface area (Å²) in [5, 5.41) is 3.66. The monoisotopic (exact) mass is 230 g/mol. The fourth-order valence-corrected chi connectivity index (χ4v) is 2.69. The zero-order chi connectivity index (χ0) is 11.5. The maximum absolute atomic E-state index is 3.66. The van der Waals surface area contributed by atoms with Crippen LogP contribution in [0.25, 0.3) is 0 Å². The van der Waals surface area contributed by atoms with Crippen molar-refractivity contribution >= 4 is 0 Å². The van der Waals surface area contributed by atoms with Crippen molar-refractivity contribution in [1.29, 1.82) is 0 Å². The molecule has 1 saturated carbocycles. The Bertz CT molecular complexity index is 345. The van der Waals surface area contributed by atoms with Crippen LogP contribution in [0.1, 0.15) is 24.8 Å². The summed E-state index contributed by atoms with van der Waals surface area (Å²) in [7, 11) is 0. The second-order valence-corrected chi connectivity index (χ2v) is 5.56. The molecular weight excluding hydrogens is 208 g/mol. The minimum Gasteiger partial charge on any atom is -0.314 e. The summed E-state index contributed by atoms with van der Waals surface area (Å²) in [5.41, 5.74) is 1.45. The van der Waals surface area contributed by atoms with Crippen molar-refractivity contribution in [1.82, 2.24) is 10.2 Å². The SMILES string of the molecule is c1ccc(CN2CCC(CNC3CC3)C2)cc1. The molecule has 1 aliphatic carbocycles. The second kappa shape index (κ2) is 5.19. The first kappa shape index (κ1) is 11.2. The Balaban J connectivity index is 1.43. The zero-order valence-electron chi connectivity index (χ0n) is 10.4. The summed E-state index contributed by atoms with van der Waals surface area (Å²) in [6.07, 6.45) is 4.17. The minimum atomic E-state index is 0.859. The Morgan fingerprint density at radius 3 is 2.71 bits per heavy atom. The lowest BCUT2D eigenvalue weighted by Crippen LogP contribution is -2.27. The van der Waals surface area contributed by atoms with E-state index >= 15 is 0 Å². The summed E-state index contributed by atoms with van der Waals surface area (Å²) in [4.78, 5) is 2.59. The quantitative estimate of drug-likeness (QED) is 0.834. The molecule has 2 heteroatoms. The average Bonchev–Trinajstić information content (AvgIpc) is 3.09. The highest BCUT2D eigenvalue weighted by Gasteiger charge is 2.25. The molecule has 1 heterocycles. The van der Waals surface area contributed by atoms with Crippen LogP contribution < -0.4 is 5.32 Å². The van der Waals surface area contributed by atoms with Crippen LogP contribution in [0.3, 0.4) is 0 Å². The van der Waals surface area contributed by atoms with Gasteiger partial charge in [0.15, 0.2) is 0 Å². The number of hydrogen-bond donors (Lipinski definition) is 1. The van der Waals surface area contributed by atoms with Gasteiger partial charge in [0.05, 0.1) is 0 Å². The number of nitrogens with zero attached hydrogens (tertiary/aromatic N) is 1. The van der Waals surface area contributed by atoms with E-state index in [1.165, 1.54) is 44.5 Å².